The Morgan fingerprint density at radius 1 is 1.48 bits per heavy atom. The number of hydrogen-bond donors (Lipinski definition) is 2. The van der Waals surface area contributed by atoms with Crippen molar-refractivity contribution >= 4 is 58.0 Å². The number of carbonyl (C=O) groups is 2. The summed E-state index contributed by atoms with van der Waals surface area (Å²) in [6.45, 7) is 0. The average Bonchev–Trinajstić information content (AvgIpc) is 2.48. The molecule has 3 N–H and O–H groups in total. The Labute approximate surface area is 143 Å². The van der Waals surface area contributed by atoms with Crippen LogP contribution in [0.1, 0.15) is 0 Å². The van der Waals surface area contributed by atoms with Gasteiger partial charge >= 0.3 is 5.97 Å². The Bertz CT molecular complexity index is 665. The van der Waals surface area contributed by atoms with Crippen molar-refractivity contribution in [3.8, 4) is 0 Å². The first-order valence-electron chi connectivity index (χ1n) is 6.10. The normalized spacial score (nSPS) is 24.7. The van der Waals surface area contributed by atoms with Crippen LogP contribution in [0.25, 0.3) is 0 Å². The molecular formula is C13H11IN2O3S2. The summed E-state index contributed by atoms with van der Waals surface area (Å²) in [4.78, 5) is 26.4. The molecule has 0 aliphatic carbocycles. The summed E-state index contributed by atoms with van der Waals surface area (Å²) in [6, 6.07) is 7.16. The number of aliphatic carboxylic acids is 1. The zero-order valence-electron chi connectivity index (χ0n) is 10.7. The van der Waals surface area contributed by atoms with E-state index < -0.39 is 12.0 Å². The van der Waals surface area contributed by atoms with Crippen LogP contribution in [0, 0.1) is 3.57 Å². The lowest BCUT2D eigenvalue weighted by Gasteiger charge is -2.47. The molecule has 0 bridgehead atoms. The van der Waals surface area contributed by atoms with Gasteiger partial charge in [-0.15, -0.1) is 11.8 Å². The lowest BCUT2D eigenvalue weighted by atomic mass is 10.1. The number of hydrogen-bond acceptors (Lipinski definition) is 5. The van der Waals surface area contributed by atoms with Crippen molar-refractivity contribution in [2.75, 3.05) is 5.75 Å². The smallest absolute Gasteiger partial charge is 0.353 e. The zero-order valence-corrected chi connectivity index (χ0v) is 14.4. The van der Waals surface area contributed by atoms with Gasteiger partial charge in [0.1, 0.15) is 17.1 Å². The highest BCUT2D eigenvalue weighted by Crippen LogP contribution is 2.45. The molecule has 0 radical (unpaired) electrons. The van der Waals surface area contributed by atoms with Gasteiger partial charge in [0.05, 0.1) is 0 Å². The summed E-state index contributed by atoms with van der Waals surface area (Å²) >= 11 is 5.13. The topological polar surface area (TPSA) is 83.6 Å². The van der Waals surface area contributed by atoms with Gasteiger partial charge in [0, 0.05) is 19.1 Å². The molecule has 1 saturated heterocycles. The van der Waals surface area contributed by atoms with Gasteiger partial charge in [-0.1, -0.05) is 23.9 Å². The van der Waals surface area contributed by atoms with Crippen molar-refractivity contribution in [2.45, 2.75) is 16.3 Å². The second-order valence-corrected chi connectivity index (χ2v) is 7.95. The zero-order chi connectivity index (χ0) is 15.1. The maximum Gasteiger partial charge on any atom is 0.353 e. The van der Waals surface area contributed by atoms with Crippen molar-refractivity contribution in [3.63, 3.8) is 0 Å². The molecular weight excluding hydrogens is 423 g/mol. The number of amides is 1. The highest BCUT2D eigenvalue weighted by molar-refractivity contribution is 14.1. The number of rotatable bonds is 3. The number of benzene rings is 1. The van der Waals surface area contributed by atoms with Crippen molar-refractivity contribution < 1.29 is 14.7 Å². The molecule has 2 atom stereocenters. The molecule has 2 aliphatic heterocycles. The lowest BCUT2D eigenvalue weighted by molar-refractivity contribution is -0.147. The van der Waals surface area contributed by atoms with Crippen LogP contribution < -0.4 is 5.73 Å². The molecule has 0 saturated carbocycles. The van der Waals surface area contributed by atoms with E-state index in [1.54, 1.807) is 0 Å². The summed E-state index contributed by atoms with van der Waals surface area (Å²) in [5, 5.41) is 9.22. The maximum absolute atomic E-state index is 11.9. The number of nitrogens with two attached hydrogens (primary N) is 1. The number of nitrogens with zero attached hydrogens (tertiary/aromatic N) is 1. The molecule has 3 rings (SSSR count). The van der Waals surface area contributed by atoms with Gasteiger partial charge in [0.25, 0.3) is 0 Å². The monoisotopic (exact) mass is 434 g/mol. The average molecular weight is 434 g/mol. The van der Waals surface area contributed by atoms with Crippen LogP contribution in [0.2, 0.25) is 0 Å². The van der Waals surface area contributed by atoms with E-state index in [9.17, 15) is 14.7 Å². The summed E-state index contributed by atoms with van der Waals surface area (Å²) in [5.41, 5.74) is 5.80. The van der Waals surface area contributed by atoms with Crippen LogP contribution in [0.5, 0.6) is 0 Å². The quantitative estimate of drug-likeness (QED) is 0.559. The van der Waals surface area contributed by atoms with E-state index in [2.05, 4.69) is 22.6 Å². The van der Waals surface area contributed by atoms with E-state index >= 15 is 0 Å². The Balaban J connectivity index is 1.97. The van der Waals surface area contributed by atoms with Crippen LogP contribution in [0.4, 0.5) is 0 Å². The Morgan fingerprint density at radius 2 is 2.19 bits per heavy atom. The van der Waals surface area contributed by atoms with Gasteiger partial charge < -0.3 is 10.8 Å². The molecule has 21 heavy (non-hydrogen) atoms. The molecule has 1 amide bonds. The number of fused-ring (bicyclic) bond motifs is 1. The van der Waals surface area contributed by atoms with E-state index in [4.69, 9.17) is 5.73 Å². The lowest BCUT2D eigenvalue weighted by Crippen LogP contribution is -2.68. The third kappa shape index (κ3) is 2.58. The summed E-state index contributed by atoms with van der Waals surface area (Å²) < 4.78 is 1.05. The number of halogens is 1. The highest BCUT2D eigenvalue weighted by Gasteiger charge is 2.51. The third-order valence-electron chi connectivity index (χ3n) is 3.25. The van der Waals surface area contributed by atoms with Gasteiger partial charge in [-0.3, -0.25) is 9.69 Å². The van der Waals surface area contributed by atoms with Crippen molar-refractivity contribution in [3.05, 3.63) is 38.4 Å². The van der Waals surface area contributed by atoms with E-state index in [0.717, 1.165) is 8.47 Å². The number of carbonyl (C=O) groups excluding carboxylic acids is 1. The SMILES string of the molecule is N[C@@H]1C(=O)N2C(C(=O)O)=C(Sc3ccccc3I)CS[C@@H]12. The van der Waals surface area contributed by atoms with Gasteiger partial charge in [-0.2, -0.15) is 0 Å². The molecule has 0 spiro atoms. The standard InChI is InChI=1S/C13H11IN2O3S2/c14-6-3-1-2-4-7(6)21-8-5-20-12-9(15)11(17)16(12)10(8)13(18)19/h1-4,9,12H,5,15H2,(H,18,19)/t9-,12+/m1/s1. The van der Waals surface area contributed by atoms with Crippen molar-refractivity contribution in [1.82, 2.24) is 4.90 Å². The molecule has 1 aromatic rings. The first-order valence-corrected chi connectivity index (χ1v) is 9.04. The van der Waals surface area contributed by atoms with Gasteiger partial charge in [-0.25, -0.2) is 4.79 Å². The highest BCUT2D eigenvalue weighted by atomic mass is 127. The van der Waals surface area contributed by atoms with E-state index in [0.29, 0.717) is 10.7 Å². The number of carboxylic acids is 1. The van der Waals surface area contributed by atoms with Gasteiger partial charge in [0.2, 0.25) is 5.91 Å². The minimum Gasteiger partial charge on any atom is -0.477 e. The second kappa shape index (κ2) is 5.82. The van der Waals surface area contributed by atoms with Crippen molar-refractivity contribution in [1.29, 1.82) is 0 Å². The molecule has 2 heterocycles. The molecule has 0 aromatic heterocycles. The summed E-state index contributed by atoms with van der Waals surface area (Å²) in [5.74, 6) is -0.834. The molecule has 2 aliphatic rings. The number of β-lactam (4-membered cyclic amide) rings is 1. The van der Waals surface area contributed by atoms with E-state index in [-0.39, 0.29) is 17.0 Å². The Kier molecular flexibility index (Phi) is 4.21. The summed E-state index contributed by atoms with van der Waals surface area (Å²) in [6.07, 6.45) is 0. The van der Waals surface area contributed by atoms with E-state index in [1.165, 1.54) is 28.4 Å². The predicted molar refractivity (Wildman–Crippen MR) is 90.7 cm³/mol. The molecule has 1 aromatic carbocycles. The Morgan fingerprint density at radius 3 is 2.86 bits per heavy atom. The molecule has 110 valence electrons. The van der Waals surface area contributed by atoms with Crippen LogP contribution >= 0.6 is 46.1 Å². The Hall–Kier alpha value is -0.710. The van der Waals surface area contributed by atoms with Crippen LogP contribution in [-0.4, -0.2) is 39.1 Å². The van der Waals surface area contributed by atoms with Gasteiger partial charge in [0.15, 0.2) is 0 Å². The molecule has 0 unspecified atom stereocenters. The molecule has 1 fully saturated rings. The summed E-state index contributed by atoms with van der Waals surface area (Å²) in [7, 11) is 0. The first-order chi connectivity index (χ1) is 10.0. The fraction of sp³-hybridized carbons (Fsp3) is 0.231. The molecule has 5 nitrogen and oxygen atoms in total. The third-order valence-corrected chi connectivity index (χ3v) is 7.20. The second-order valence-electron chi connectivity index (χ2n) is 4.55. The minimum atomic E-state index is -1.08. The number of carboxylic acid groups (broad SMARTS) is 1. The van der Waals surface area contributed by atoms with E-state index in [1.807, 2.05) is 24.3 Å². The van der Waals surface area contributed by atoms with Crippen LogP contribution in [0.15, 0.2) is 39.8 Å². The minimum absolute atomic E-state index is 0.0788. The van der Waals surface area contributed by atoms with Crippen molar-refractivity contribution in [2.24, 2.45) is 5.73 Å². The fourth-order valence-electron chi connectivity index (χ4n) is 2.23. The first kappa shape index (κ1) is 15.2. The maximum atomic E-state index is 11.9. The van der Waals surface area contributed by atoms with Gasteiger partial charge in [-0.05, 0) is 34.7 Å². The largest absolute Gasteiger partial charge is 0.477 e. The predicted octanol–water partition coefficient (Wildman–Crippen LogP) is 1.92. The molecule has 8 heteroatoms. The fourth-order valence-corrected chi connectivity index (χ4v) is 5.38. The van der Waals surface area contributed by atoms with Crippen LogP contribution in [-0.2, 0) is 9.59 Å². The number of thioether (sulfide) groups is 2. The van der Waals surface area contributed by atoms with Crippen LogP contribution in [0.3, 0.4) is 0 Å².